The third kappa shape index (κ3) is 3.27. The zero-order valence-corrected chi connectivity index (χ0v) is 15.4. The van der Waals surface area contributed by atoms with Crippen molar-refractivity contribution in [3.8, 4) is 5.75 Å². The Hall–Kier alpha value is -2.90. The van der Waals surface area contributed by atoms with Gasteiger partial charge in [0.2, 0.25) is 0 Å². The van der Waals surface area contributed by atoms with E-state index in [9.17, 15) is 4.79 Å². The molecule has 2 aliphatic rings. The van der Waals surface area contributed by atoms with E-state index in [2.05, 4.69) is 5.32 Å². The number of benzene rings is 2. The summed E-state index contributed by atoms with van der Waals surface area (Å²) >= 11 is 0. The topological polar surface area (TPSA) is 89.2 Å². The molecule has 7 heteroatoms. The Labute approximate surface area is 157 Å². The number of hydrazone groups is 1. The van der Waals surface area contributed by atoms with Gasteiger partial charge in [-0.15, -0.1) is 0 Å². The first-order valence-corrected chi connectivity index (χ1v) is 8.93. The van der Waals surface area contributed by atoms with E-state index in [1.54, 1.807) is 12.1 Å². The van der Waals surface area contributed by atoms with Crippen LogP contribution in [0.3, 0.4) is 0 Å². The van der Waals surface area contributed by atoms with Crippen molar-refractivity contribution in [2.24, 2.45) is 5.10 Å². The highest BCUT2D eigenvalue weighted by atomic mass is 17.2. The number of likely N-dealkylation sites (N-methyl/N-ethyl adjacent to an activating group) is 1. The summed E-state index contributed by atoms with van der Waals surface area (Å²) in [6, 6.07) is 11.5. The molecule has 140 valence electrons. The van der Waals surface area contributed by atoms with Crippen LogP contribution in [-0.4, -0.2) is 36.3 Å². The van der Waals surface area contributed by atoms with Crippen LogP contribution >= 0.6 is 0 Å². The van der Waals surface area contributed by atoms with Crippen molar-refractivity contribution in [2.75, 3.05) is 19.3 Å². The van der Waals surface area contributed by atoms with E-state index in [4.69, 9.17) is 20.6 Å². The van der Waals surface area contributed by atoms with Gasteiger partial charge in [-0.05, 0) is 50.2 Å². The lowest BCUT2D eigenvalue weighted by Crippen LogP contribution is -2.40. The largest absolute Gasteiger partial charge is 0.399 e. The van der Waals surface area contributed by atoms with E-state index in [1.807, 2.05) is 43.3 Å². The Morgan fingerprint density at radius 3 is 2.81 bits per heavy atom. The lowest BCUT2D eigenvalue weighted by molar-refractivity contribution is -0.194. The first-order chi connectivity index (χ1) is 13.1. The molecular weight excluding hydrogens is 344 g/mol. The molecule has 1 amide bonds. The Kier molecular flexibility index (Phi) is 4.55. The molecule has 0 saturated carbocycles. The van der Waals surface area contributed by atoms with Crippen LogP contribution in [-0.2, 0) is 22.7 Å². The maximum atomic E-state index is 12.6. The van der Waals surface area contributed by atoms with Crippen LogP contribution in [0.2, 0.25) is 0 Å². The highest BCUT2D eigenvalue weighted by Crippen LogP contribution is 2.33. The van der Waals surface area contributed by atoms with Crippen molar-refractivity contribution in [1.82, 2.24) is 10.3 Å². The molecule has 7 nitrogen and oxygen atoms in total. The van der Waals surface area contributed by atoms with Crippen molar-refractivity contribution in [3.63, 3.8) is 0 Å². The van der Waals surface area contributed by atoms with Gasteiger partial charge in [-0.2, -0.15) is 9.99 Å². The van der Waals surface area contributed by atoms with E-state index >= 15 is 0 Å². The van der Waals surface area contributed by atoms with Crippen LogP contribution < -0.4 is 15.9 Å². The monoisotopic (exact) mass is 366 g/mol. The molecule has 2 aromatic rings. The average Bonchev–Trinajstić information content (AvgIpc) is 3.05. The van der Waals surface area contributed by atoms with E-state index in [1.165, 1.54) is 0 Å². The predicted octanol–water partition coefficient (Wildman–Crippen LogP) is 1.84. The molecule has 0 aromatic heterocycles. The fourth-order valence-corrected chi connectivity index (χ4v) is 3.46. The van der Waals surface area contributed by atoms with Crippen LogP contribution in [0.4, 0.5) is 5.69 Å². The molecule has 2 aromatic carbocycles. The van der Waals surface area contributed by atoms with Gasteiger partial charge < -0.3 is 15.9 Å². The van der Waals surface area contributed by atoms with E-state index in [0.29, 0.717) is 18.7 Å². The second-order valence-corrected chi connectivity index (χ2v) is 6.85. The summed E-state index contributed by atoms with van der Waals surface area (Å²) in [6.07, 6.45) is 0.670. The highest BCUT2D eigenvalue weighted by Gasteiger charge is 2.29. The summed E-state index contributed by atoms with van der Waals surface area (Å²) in [5.74, 6) is 0.658. The van der Waals surface area contributed by atoms with Crippen molar-refractivity contribution < 1.29 is 14.6 Å². The first-order valence-electron chi connectivity index (χ1n) is 8.93. The summed E-state index contributed by atoms with van der Waals surface area (Å²) in [4.78, 5) is 23.0. The molecule has 0 aliphatic carbocycles. The second-order valence-electron chi connectivity index (χ2n) is 6.85. The number of nitrogens with one attached hydrogen (secondary N) is 1. The van der Waals surface area contributed by atoms with Crippen molar-refractivity contribution in [3.05, 3.63) is 58.7 Å². The minimum Gasteiger partial charge on any atom is -0.399 e. The van der Waals surface area contributed by atoms with Crippen LogP contribution in [0.25, 0.3) is 0 Å². The number of anilines is 1. The SMILES string of the molecule is CNCC(=O)N1N=C(c2ccc(N)cc2)c2cc3c(cc2CC1C)OOC3. The maximum absolute atomic E-state index is 12.6. The minimum absolute atomic E-state index is 0.0714. The number of amides is 1. The first kappa shape index (κ1) is 17.5. The highest BCUT2D eigenvalue weighted by molar-refractivity contribution is 6.14. The van der Waals surface area contributed by atoms with Crippen LogP contribution in [0, 0.1) is 0 Å². The summed E-state index contributed by atoms with van der Waals surface area (Å²) in [6.45, 7) is 2.62. The Morgan fingerprint density at radius 2 is 2.07 bits per heavy atom. The van der Waals surface area contributed by atoms with Gasteiger partial charge in [0.1, 0.15) is 6.61 Å². The molecule has 0 bridgehead atoms. The van der Waals surface area contributed by atoms with Gasteiger partial charge in [-0.25, -0.2) is 5.01 Å². The molecule has 0 spiro atoms. The van der Waals surface area contributed by atoms with Crippen molar-refractivity contribution in [1.29, 1.82) is 0 Å². The third-order valence-corrected chi connectivity index (χ3v) is 4.81. The fourth-order valence-electron chi connectivity index (χ4n) is 3.46. The standard InChI is InChI=1S/C20H22N4O3/c1-12-7-14-9-18-15(11-26-27-18)8-17(14)20(13-3-5-16(21)6-4-13)23-24(12)19(25)10-22-2/h3-6,8-9,12,22H,7,10-11,21H2,1-2H3. The lowest BCUT2D eigenvalue weighted by atomic mass is 9.92. The van der Waals surface area contributed by atoms with Gasteiger partial charge in [0.15, 0.2) is 5.75 Å². The molecule has 2 heterocycles. The minimum atomic E-state index is -0.0868. The predicted molar refractivity (Wildman–Crippen MR) is 102 cm³/mol. The van der Waals surface area contributed by atoms with Gasteiger partial charge in [0.05, 0.1) is 18.3 Å². The fraction of sp³-hybridized carbons (Fsp3) is 0.300. The number of nitrogens with two attached hydrogens (primary N) is 1. The molecule has 2 aliphatic heterocycles. The van der Waals surface area contributed by atoms with Crippen LogP contribution in [0.15, 0.2) is 41.5 Å². The van der Waals surface area contributed by atoms with Crippen LogP contribution in [0.5, 0.6) is 5.75 Å². The maximum Gasteiger partial charge on any atom is 0.256 e. The van der Waals surface area contributed by atoms with Crippen molar-refractivity contribution >= 4 is 17.3 Å². The number of hydrogen-bond donors (Lipinski definition) is 2. The average molecular weight is 366 g/mol. The number of fused-ring (bicyclic) bond motifs is 2. The number of nitrogens with zero attached hydrogens (tertiary/aromatic N) is 2. The number of rotatable bonds is 3. The van der Waals surface area contributed by atoms with Gasteiger partial charge in [0, 0.05) is 22.4 Å². The molecule has 0 saturated heterocycles. The zero-order valence-electron chi connectivity index (χ0n) is 15.4. The lowest BCUT2D eigenvalue weighted by Gasteiger charge is -2.23. The van der Waals surface area contributed by atoms with Gasteiger partial charge in [-0.1, -0.05) is 12.1 Å². The summed E-state index contributed by atoms with van der Waals surface area (Å²) in [5, 5.41) is 9.27. The second kappa shape index (κ2) is 7.02. The number of hydrogen-bond acceptors (Lipinski definition) is 6. The molecule has 1 unspecified atom stereocenters. The Morgan fingerprint density at radius 1 is 1.30 bits per heavy atom. The Balaban J connectivity index is 1.87. The summed E-state index contributed by atoms with van der Waals surface area (Å²) < 4.78 is 0. The summed E-state index contributed by atoms with van der Waals surface area (Å²) in [7, 11) is 1.75. The van der Waals surface area contributed by atoms with Gasteiger partial charge in [0.25, 0.3) is 5.91 Å². The Bertz CT molecular complexity index is 908. The number of carbonyl (C=O) groups excluding carboxylic acids is 1. The summed E-state index contributed by atoms with van der Waals surface area (Å²) in [5.41, 5.74) is 11.2. The number of nitrogen functional groups attached to an aromatic ring is 1. The number of carbonyl (C=O) groups is 1. The normalized spacial score (nSPS) is 18.2. The molecule has 1 atom stereocenters. The van der Waals surface area contributed by atoms with E-state index in [-0.39, 0.29) is 18.5 Å². The molecule has 0 fully saturated rings. The third-order valence-electron chi connectivity index (χ3n) is 4.81. The van der Waals surface area contributed by atoms with Gasteiger partial charge >= 0.3 is 0 Å². The smallest absolute Gasteiger partial charge is 0.256 e. The quantitative estimate of drug-likeness (QED) is 0.639. The van der Waals surface area contributed by atoms with Gasteiger partial charge in [-0.3, -0.25) is 4.79 Å². The molecule has 4 rings (SSSR count). The molecular formula is C20H22N4O3. The molecule has 0 radical (unpaired) electrons. The zero-order chi connectivity index (χ0) is 19.0. The van der Waals surface area contributed by atoms with Crippen molar-refractivity contribution in [2.45, 2.75) is 26.0 Å². The van der Waals surface area contributed by atoms with E-state index in [0.717, 1.165) is 33.7 Å². The van der Waals surface area contributed by atoms with Crippen LogP contribution in [0.1, 0.15) is 29.2 Å². The molecule has 27 heavy (non-hydrogen) atoms. The molecule has 3 N–H and O–H groups in total. The van der Waals surface area contributed by atoms with E-state index < -0.39 is 0 Å².